The minimum atomic E-state index is -0.349. The number of rotatable bonds is 4. The molecule has 0 radical (unpaired) electrons. The van der Waals surface area contributed by atoms with Crippen molar-refractivity contribution in [1.29, 1.82) is 0 Å². The average molecular weight is 301 g/mol. The Morgan fingerprint density at radius 2 is 2.29 bits per heavy atom. The van der Waals surface area contributed by atoms with Crippen LogP contribution in [0.1, 0.15) is 19.3 Å². The molecule has 0 saturated heterocycles. The fourth-order valence-corrected chi connectivity index (χ4v) is 2.07. The van der Waals surface area contributed by atoms with Crippen molar-refractivity contribution in [1.82, 2.24) is 0 Å². The maximum Gasteiger partial charge on any atom is 0.225 e. The maximum absolute atomic E-state index is 13.0. The van der Waals surface area contributed by atoms with Gasteiger partial charge in [-0.3, -0.25) is 4.79 Å². The van der Waals surface area contributed by atoms with E-state index < -0.39 is 0 Å². The van der Waals surface area contributed by atoms with Crippen molar-refractivity contribution in [2.24, 2.45) is 11.7 Å². The predicted molar refractivity (Wildman–Crippen MR) is 68.0 cm³/mol. The molecule has 3 N–H and O–H groups in total. The SMILES string of the molecule is NC(CC(=O)Nc1ccc(F)c(Br)c1)C1CC1. The third kappa shape index (κ3) is 3.51. The number of benzene rings is 1. The van der Waals surface area contributed by atoms with E-state index >= 15 is 0 Å². The van der Waals surface area contributed by atoms with Crippen LogP contribution in [0.15, 0.2) is 22.7 Å². The lowest BCUT2D eigenvalue weighted by atomic mass is 10.1. The van der Waals surface area contributed by atoms with E-state index in [2.05, 4.69) is 21.2 Å². The third-order valence-electron chi connectivity index (χ3n) is 2.85. The molecule has 1 aliphatic carbocycles. The predicted octanol–water partition coefficient (Wildman–Crippen LogP) is 2.65. The van der Waals surface area contributed by atoms with Gasteiger partial charge in [-0.1, -0.05) is 0 Å². The summed E-state index contributed by atoms with van der Waals surface area (Å²) in [5.41, 5.74) is 6.43. The van der Waals surface area contributed by atoms with Gasteiger partial charge < -0.3 is 11.1 Å². The molecule has 1 unspecified atom stereocenters. The number of carbonyl (C=O) groups is 1. The first kappa shape index (κ1) is 12.5. The van der Waals surface area contributed by atoms with Crippen molar-refractivity contribution in [2.45, 2.75) is 25.3 Å². The standard InChI is InChI=1S/C12H14BrFN2O/c13-9-5-8(3-4-10(9)14)16-12(17)6-11(15)7-1-2-7/h3-5,7,11H,1-2,6,15H2,(H,16,17). The molecule has 0 bridgehead atoms. The second kappa shape index (κ2) is 5.14. The Labute approximate surface area is 108 Å². The van der Waals surface area contributed by atoms with Crippen LogP contribution >= 0.6 is 15.9 Å². The fraction of sp³-hybridized carbons (Fsp3) is 0.417. The number of amides is 1. The molecular formula is C12H14BrFN2O. The zero-order valence-electron chi connectivity index (χ0n) is 9.25. The van der Waals surface area contributed by atoms with Gasteiger partial charge in [0.15, 0.2) is 0 Å². The first-order chi connectivity index (χ1) is 8.06. The van der Waals surface area contributed by atoms with Gasteiger partial charge in [-0.05, 0) is 52.9 Å². The Balaban J connectivity index is 1.90. The summed E-state index contributed by atoms with van der Waals surface area (Å²) in [4.78, 5) is 11.7. The summed E-state index contributed by atoms with van der Waals surface area (Å²) in [7, 11) is 0. The number of hydrogen-bond donors (Lipinski definition) is 2. The van der Waals surface area contributed by atoms with E-state index in [0.717, 1.165) is 12.8 Å². The van der Waals surface area contributed by atoms with E-state index in [1.807, 2.05) is 0 Å². The van der Waals surface area contributed by atoms with Crippen LogP contribution in [0.25, 0.3) is 0 Å². The Bertz CT molecular complexity index is 435. The lowest BCUT2D eigenvalue weighted by Gasteiger charge is -2.10. The van der Waals surface area contributed by atoms with Gasteiger partial charge in [0.1, 0.15) is 5.82 Å². The number of anilines is 1. The zero-order valence-corrected chi connectivity index (χ0v) is 10.8. The number of nitrogens with two attached hydrogens (primary N) is 1. The fourth-order valence-electron chi connectivity index (χ4n) is 1.69. The highest BCUT2D eigenvalue weighted by Crippen LogP contribution is 2.32. The summed E-state index contributed by atoms with van der Waals surface area (Å²) in [5, 5.41) is 2.71. The van der Waals surface area contributed by atoms with Crippen molar-refractivity contribution < 1.29 is 9.18 Å². The molecule has 0 spiro atoms. The van der Waals surface area contributed by atoms with Gasteiger partial charge in [0.05, 0.1) is 4.47 Å². The van der Waals surface area contributed by atoms with E-state index in [1.165, 1.54) is 18.2 Å². The lowest BCUT2D eigenvalue weighted by Crippen LogP contribution is -2.28. The zero-order chi connectivity index (χ0) is 12.4. The van der Waals surface area contributed by atoms with Crippen molar-refractivity contribution in [2.75, 3.05) is 5.32 Å². The molecule has 0 aliphatic heterocycles. The van der Waals surface area contributed by atoms with Crippen molar-refractivity contribution in [3.8, 4) is 0 Å². The van der Waals surface area contributed by atoms with Crippen LogP contribution in [-0.2, 0) is 4.79 Å². The molecule has 92 valence electrons. The topological polar surface area (TPSA) is 55.1 Å². The summed E-state index contributed by atoms with van der Waals surface area (Å²) < 4.78 is 13.3. The third-order valence-corrected chi connectivity index (χ3v) is 3.46. The molecule has 0 heterocycles. The number of nitrogens with one attached hydrogen (secondary N) is 1. The Morgan fingerprint density at radius 1 is 1.59 bits per heavy atom. The van der Waals surface area contributed by atoms with E-state index in [1.54, 1.807) is 0 Å². The van der Waals surface area contributed by atoms with Crippen LogP contribution in [0.4, 0.5) is 10.1 Å². The van der Waals surface area contributed by atoms with Crippen LogP contribution in [-0.4, -0.2) is 11.9 Å². The van der Waals surface area contributed by atoms with Gasteiger partial charge in [-0.2, -0.15) is 0 Å². The van der Waals surface area contributed by atoms with Gasteiger partial charge in [-0.25, -0.2) is 4.39 Å². The highest BCUT2D eigenvalue weighted by molar-refractivity contribution is 9.10. The van der Waals surface area contributed by atoms with Gasteiger partial charge >= 0.3 is 0 Å². The minimum absolute atomic E-state index is 0.0566. The monoisotopic (exact) mass is 300 g/mol. The second-order valence-corrected chi connectivity index (χ2v) is 5.24. The van der Waals surface area contributed by atoms with E-state index in [-0.39, 0.29) is 17.8 Å². The van der Waals surface area contributed by atoms with Crippen LogP contribution < -0.4 is 11.1 Å². The molecule has 1 atom stereocenters. The molecule has 0 aromatic heterocycles. The molecular weight excluding hydrogens is 287 g/mol. The quantitative estimate of drug-likeness (QED) is 0.898. The van der Waals surface area contributed by atoms with Crippen LogP contribution in [0, 0.1) is 11.7 Å². The largest absolute Gasteiger partial charge is 0.327 e. The van der Waals surface area contributed by atoms with Gasteiger partial charge in [0.25, 0.3) is 0 Å². The highest BCUT2D eigenvalue weighted by Gasteiger charge is 2.29. The van der Waals surface area contributed by atoms with Crippen LogP contribution in [0.3, 0.4) is 0 Å². The van der Waals surface area contributed by atoms with Gasteiger partial charge in [0, 0.05) is 18.2 Å². The molecule has 2 rings (SSSR count). The molecule has 1 aliphatic rings. The first-order valence-corrected chi connectivity index (χ1v) is 6.36. The molecule has 17 heavy (non-hydrogen) atoms. The molecule has 1 saturated carbocycles. The van der Waals surface area contributed by atoms with Crippen LogP contribution in [0.5, 0.6) is 0 Å². The highest BCUT2D eigenvalue weighted by atomic mass is 79.9. The Hall–Kier alpha value is -0.940. The van der Waals surface area contributed by atoms with Crippen LogP contribution in [0.2, 0.25) is 0 Å². The number of hydrogen-bond acceptors (Lipinski definition) is 2. The molecule has 1 amide bonds. The van der Waals surface area contributed by atoms with Crippen molar-refractivity contribution in [3.63, 3.8) is 0 Å². The van der Waals surface area contributed by atoms with Crippen molar-refractivity contribution >= 4 is 27.5 Å². The Morgan fingerprint density at radius 3 is 2.88 bits per heavy atom. The van der Waals surface area contributed by atoms with E-state index in [9.17, 15) is 9.18 Å². The number of halogens is 2. The minimum Gasteiger partial charge on any atom is -0.327 e. The molecule has 5 heteroatoms. The summed E-state index contributed by atoms with van der Waals surface area (Å²) in [6.07, 6.45) is 2.56. The van der Waals surface area contributed by atoms with E-state index in [0.29, 0.717) is 22.5 Å². The van der Waals surface area contributed by atoms with Gasteiger partial charge in [-0.15, -0.1) is 0 Å². The molecule has 3 nitrogen and oxygen atoms in total. The summed E-state index contributed by atoms with van der Waals surface area (Å²) in [6, 6.07) is 4.32. The molecule has 1 fully saturated rings. The number of carbonyl (C=O) groups excluding carboxylic acids is 1. The molecule has 1 aromatic rings. The smallest absolute Gasteiger partial charge is 0.225 e. The summed E-state index contributed by atoms with van der Waals surface area (Å²) in [6.45, 7) is 0. The summed E-state index contributed by atoms with van der Waals surface area (Å²) in [5.74, 6) is 0.0290. The van der Waals surface area contributed by atoms with Crippen molar-refractivity contribution in [3.05, 3.63) is 28.5 Å². The Kier molecular flexibility index (Phi) is 3.79. The van der Waals surface area contributed by atoms with Gasteiger partial charge in [0.2, 0.25) is 5.91 Å². The van der Waals surface area contributed by atoms with E-state index in [4.69, 9.17) is 5.73 Å². The normalized spacial score (nSPS) is 16.6. The second-order valence-electron chi connectivity index (χ2n) is 4.38. The maximum atomic E-state index is 13.0. The average Bonchev–Trinajstić information content (AvgIpc) is 3.06. The lowest BCUT2D eigenvalue weighted by molar-refractivity contribution is -0.116. The first-order valence-electron chi connectivity index (χ1n) is 5.57. The molecule has 1 aromatic carbocycles. The summed E-state index contributed by atoms with van der Waals surface area (Å²) >= 11 is 3.07.